The monoisotopic (exact) mass is 901 g/mol. The summed E-state index contributed by atoms with van der Waals surface area (Å²) in [6.07, 6.45) is 0. The van der Waals surface area contributed by atoms with E-state index in [1.54, 1.807) is 0 Å². The van der Waals surface area contributed by atoms with Gasteiger partial charge in [0, 0.05) is 49.7 Å². The lowest BCUT2D eigenvalue weighted by Gasteiger charge is -2.40. The van der Waals surface area contributed by atoms with Crippen LogP contribution in [0.2, 0.25) is 0 Å². The van der Waals surface area contributed by atoms with E-state index >= 15 is 0 Å². The molecule has 3 aliphatic rings. The highest BCUT2D eigenvalue weighted by molar-refractivity contribution is 6.19. The van der Waals surface area contributed by atoms with Crippen molar-refractivity contribution in [1.29, 1.82) is 0 Å². The maximum absolute atomic E-state index is 2.52. The molecule has 0 spiro atoms. The maximum Gasteiger partial charge on any atom is 0.0648 e. The topological polar surface area (TPSA) is 11.4 Å². The van der Waals surface area contributed by atoms with Crippen LogP contribution in [0.3, 0.4) is 0 Å². The Labute approximate surface area is 411 Å². The first-order valence-corrected chi connectivity index (χ1v) is 24.8. The zero-order chi connectivity index (χ0) is 46.4. The third-order valence-corrected chi connectivity index (χ3v) is 16.4. The van der Waals surface area contributed by atoms with Gasteiger partial charge in [-0.15, -0.1) is 0 Å². The predicted molar refractivity (Wildman–Crippen MR) is 295 cm³/mol. The van der Waals surface area contributed by atoms with Crippen molar-refractivity contribution in [3.8, 4) is 5.69 Å². The van der Waals surface area contributed by atoms with Crippen LogP contribution in [0.4, 0.5) is 34.1 Å². The quantitative estimate of drug-likeness (QED) is 0.158. The Balaban J connectivity index is 1.04. The average Bonchev–Trinajstić information content (AvgIpc) is 4.11. The van der Waals surface area contributed by atoms with Crippen LogP contribution >= 0.6 is 0 Å². The summed E-state index contributed by atoms with van der Waals surface area (Å²) in [5.74, 6) is 0. The number of para-hydroxylation sites is 6. The summed E-state index contributed by atoms with van der Waals surface area (Å²) in [7, 11) is 0. The van der Waals surface area contributed by atoms with E-state index in [-0.39, 0.29) is 0 Å². The van der Waals surface area contributed by atoms with Crippen molar-refractivity contribution in [3.63, 3.8) is 0 Å². The molecule has 0 atom stereocenters. The Hall–Kier alpha value is -9.18. The highest BCUT2D eigenvalue weighted by Crippen LogP contribution is 2.76. The first kappa shape index (κ1) is 38.8. The molecule has 1 heterocycles. The van der Waals surface area contributed by atoms with E-state index in [0.717, 1.165) is 22.7 Å². The fourth-order valence-corrected chi connectivity index (χ4v) is 14.1. The third-order valence-electron chi connectivity index (χ3n) is 16.4. The van der Waals surface area contributed by atoms with E-state index in [9.17, 15) is 0 Å². The average molecular weight is 902 g/mol. The van der Waals surface area contributed by atoms with Crippen molar-refractivity contribution in [1.82, 2.24) is 4.57 Å². The number of aromatic nitrogens is 1. The molecule has 0 aliphatic heterocycles. The Bertz CT molecular complexity index is 4000. The molecule has 0 saturated carbocycles. The molecule has 1 aromatic heterocycles. The maximum atomic E-state index is 2.52. The number of benzene rings is 12. The van der Waals surface area contributed by atoms with E-state index in [2.05, 4.69) is 275 Å². The van der Waals surface area contributed by atoms with Gasteiger partial charge >= 0.3 is 0 Å². The number of nitrogens with zero attached hydrogens (tertiary/aromatic N) is 3. The molecule has 13 aromatic rings. The summed E-state index contributed by atoms with van der Waals surface area (Å²) in [4.78, 5) is 4.88. The van der Waals surface area contributed by atoms with Crippen molar-refractivity contribution in [2.45, 2.75) is 10.8 Å². The molecule has 0 amide bonds. The zero-order valence-corrected chi connectivity index (χ0v) is 38.7. The minimum atomic E-state index is -0.579. The lowest BCUT2D eigenvalue weighted by Crippen LogP contribution is -2.42. The van der Waals surface area contributed by atoms with E-state index in [4.69, 9.17) is 0 Å². The summed E-state index contributed by atoms with van der Waals surface area (Å²) < 4.78 is 2.51. The summed E-state index contributed by atoms with van der Waals surface area (Å²) in [5.41, 5.74) is 17.5. The molecule has 12 aromatic carbocycles. The van der Waals surface area contributed by atoms with Crippen LogP contribution in [0.5, 0.6) is 0 Å². The van der Waals surface area contributed by atoms with Crippen LogP contribution in [-0.2, 0) is 10.8 Å². The molecule has 3 nitrogen and oxygen atoms in total. The minimum Gasteiger partial charge on any atom is -0.310 e. The summed E-state index contributed by atoms with van der Waals surface area (Å²) in [6.45, 7) is 0. The molecule has 3 aliphatic carbocycles. The molecular formula is C68H43N3. The number of fused-ring (bicyclic) bond motifs is 3. The van der Waals surface area contributed by atoms with Gasteiger partial charge in [0.25, 0.3) is 0 Å². The smallest absolute Gasteiger partial charge is 0.0648 e. The predicted octanol–water partition coefficient (Wildman–Crippen LogP) is 17.5. The first-order valence-electron chi connectivity index (χ1n) is 24.8. The highest BCUT2D eigenvalue weighted by atomic mass is 15.1. The second kappa shape index (κ2) is 14.2. The molecule has 0 unspecified atom stereocenters. The van der Waals surface area contributed by atoms with Crippen molar-refractivity contribution in [2.24, 2.45) is 0 Å². The molecule has 16 rings (SSSR count). The van der Waals surface area contributed by atoms with Gasteiger partial charge in [-0.1, -0.05) is 182 Å². The SMILES string of the molecule is c1ccc(N(c2ccccc2)c2ccc3c4c(cccc24)C24c5cccc6c(N(c7ccccc7)c7ccccc7)ccc(c56)C32c2ccc(-n3c5ccccc5c5ccccc53)c3cccc4c23)cc1. The normalized spacial score (nSPS) is 16.8. The Morgan fingerprint density at radius 1 is 0.239 bits per heavy atom. The van der Waals surface area contributed by atoms with Gasteiger partial charge in [-0.25, -0.2) is 0 Å². The van der Waals surface area contributed by atoms with Crippen molar-refractivity contribution >= 4 is 88.2 Å². The van der Waals surface area contributed by atoms with Gasteiger partial charge in [-0.2, -0.15) is 0 Å². The van der Waals surface area contributed by atoms with E-state index < -0.39 is 10.8 Å². The minimum absolute atomic E-state index is 0.579. The fourth-order valence-electron chi connectivity index (χ4n) is 14.1. The van der Waals surface area contributed by atoms with Crippen molar-refractivity contribution in [3.05, 3.63) is 294 Å². The Morgan fingerprint density at radius 3 is 0.958 bits per heavy atom. The van der Waals surface area contributed by atoms with Gasteiger partial charge in [0.05, 0.1) is 38.9 Å². The molecule has 0 fully saturated rings. The summed E-state index contributed by atoms with van der Waals surface area (Å²) in [5, 5.41) is 10.4. The van der Waals surface area contributed by atoms with Gasteiger partial charge in [0.15, 0.2) is 0 Å². The number of rotatable bonds is 7. The Kier molecular flexibility index (Phi) is 7.75. The molecule has 0 N–H and O–H groups in total. The molecule has 3 heteroatoms. The molecule has 0 saturated heterocycles. The van der Waals surface area contributed by atoms with Crippen LogP contribution in [0, 0.1) is 0 Å². The van der Waals surface area contributed by atoms with Gasteiger partial charge in [-0.05, 0) is 128 Å². The van der Waals surface area contributed by atoms with Crippen molar-refractivity contribution in [2.75, 3.05) is 9.80 Å². The van der Waals surface area contributed by atoms with E-state index in [1.807, 2.05) is 0 Å². The molecule has 0 radical (unpaired) electrons. The van der Waals surface area contributed by atoms with E-state index in [1.165, 1.54) is 105 Å². The second-order valence-electron chi connectivity index (χ2n) is 19.5. The largest absolute Gasteiger partial charge is 0.310 e. The van der Waals surface area contributed by atoms with Gasteiger partial charge in [0.1, 0.15) is 0 Å². The summed E-state index contributed by atoms with van der Waals surface area (Å²) in [6, 6.07) is 97.5. The van der Waals surface area contributed by atoms with Crippen LogP contribution < -0.4 is 9.80 Å². The lowest BCUT2D eigenvalue weighted by atomic mass is 9.59. The van der Waals surface area contributed by atoms with Gasteiger partial charge in [-0.3, -0.25) is 0 Å². The Morgan fingerprint density at radius 2 is 0.549 bits per heavy atom. The lowest BCUT2D eigenvalue weighted by molar-refractivity contribution is 0.492. The molecule has 71 heavy (non-hydrogen) atoms. The van der Waals surface area contributed by atoms with Crippen LogP contribution in [0.25, 0.3) is 59.8 Å². The second-order valence-corrected chi connectivity index (χ2v) is 19.5. The molecule has 330 valence electrons. The highest BCUT2D eigenvalue weighted by Gasteiger charge is 2.70. The number of hydrogen-bond acceptors (Lipinski definition) is 2. The molecule has 0 bridgehead atoms. The van der Waals surface area contributed by atoms with E-state index in [0.29, 0.717) is 0 Å². The number of hydrogen-bond donors (Lipinski definition) is 0. The van der Waals surface area contributed by atoms with Gasteiger partial charge < -0.3 is 14.4 Å². The summed E-state index contributed by atoms with van der Waals surface area (Å²) >= 11 is 0. The zero-order valence-electron chi connectivity index (χ0n) is 38.7. The van der Waals surface area contributed by atoms with Crippen molar-refractivity contribution < 1.29 is 0 Å². The number of anilines is 6. The third kappa shape index (κ3) is 4.73. The van der Waals surface area contributed by atoms with Crippen LogP contribution in [0.1, 0.15) is 33.4 Å². The van der Waals surface area contributed by atoms with Gasteiger partial charge in [0.2, 0.25) is 0 Å². The molecular weight excluding hydrogens is 859 g/mol. The van der Waals surface area contributed by atoms with Crippen LogP contribution in [-0.4, -0.2) is 4.57 Å². The first-order chi connectivity index (χ1) is 35.3. The fraction of sp³-hybridized carbons (Fsp3) is 0.0294. The van der Waals surface area contributed by atoms with Crippen LogP contribution in [0.15, 0.2) is 261 Å². The standard InChI is InChI=1S/C68H43N3/c1-5-20-44(21-6-1)69(45-22-7-2-8-23-45)61-41-38-56-64-50(61)30-17-33-53(64)67-54-34-18-31-51-62(70(46-24-9-3-10-25-46)47-26-11-4-12-27-47)42-39-57(65(51)54)68(56,67)58-40-43-63(52-32-19-35-55(67)66(52)58)71-59-36-15-13-28-48(59)49-29-14-16-37-60(49)71/h1-43H.